The van der Waals surface area contributed by atoms with Crippen LogP contribution in [0, 0.1) is 0 Å². The predicted octanol–water partition coefficient (Wildman–Crippen LogP) is 2.89. The second-order valence-corrected chi connectivity index (χ2v) is 5.69. The van der Waals surface area contributed by atoms with E-state index in [1.54, 1.807) is 43.5 Å². The molecule has 128 valence electrons. The lowest BCUT2D eigenvalue weighted by molar-refractivity contribution is -0.117. The third kappa shape index (κ3) is 2.82. The fourth-order valence-electron chi connectivity index (χ4n) is 2.95. The van der Waals surface area contributed by atoms with Crippen LogP contribution < -0.4 is 9.64 Å². The number of Topliss-reactive ketones (excluding diaryl/α,β-unsaturated/α-hetero) is 1. The second-order valence-electron chi connectivity index (χ2n) is 5.69. The van der Waals surface area contributed by atoms with Gasteiger partial charge in [-0.25, -0.2) is 0 Å². The molecule has 1 aliphatic rings. The van der Waals surface area contributed by atoms with Crippen LogP contribution in [0.3, 0.4) is 0 Å². The molecule has 0 saturated carbocycles. The number of amides is 1. The number of ketones is 1. The van der Waals surface area contributed by atoms with Gasteiger partial charge in [-0.2, -0.15) is 0 Å². The number of rotatable bonds is 4. The molecule has 0 aromatic heterocycles. The van der Waals surface area contributed by atoms with Gasteiger partial charge >= 0.3 is 0 Å². The number of nitrogens with zero attached hydrogens (tertiary/aromatic N) is 1. The molecule has 2 aromatic carbocycles. The highest BCUT2D eigenvalue weighted by Crippen LogP contribution is 2.41. The summed E-state index contributed by atoms with van der Waals surface area (Å²) in [4.78, 5) is 26.0. The predicted molar refractivity (Wildman–Crippen MR) is 91.7 cm³/mol. The van der Waals surface area contributed by atoms with Crippen LogP contribution >= 0.6 is 0 Å². The van der Waals surface area contributed by atoms with E-state index in [2.05, 4.69) is 0 Å². The van der Waals surface area contributed by atoms with Crippen LogP contribution in [0.25, 0.3) is 0 Å². The van der Waals surface area contributed by atoms with Crippen molar-refractivity contribution in [2.75, 3.05) is 12.0 Å². The topological polar surface area (TPSA) is 87.1 Å². The van der Waals surface area contributed by atoms with E-state index in [0.29, 0.717) is 17.0 Å². The Morgan fingerprint density at radius 1 is 1.04 bits per heavy atom. The van der Waals surface area contributed by atoms with Gasteiger partial charge in [0.1, 0.15) is 11.5 Å². The number of carbonyl (C=O) groups is 2. The van der Waals surface area contributed by atoms with Crippen LogP contribution in [0.4, 0.5) is 5.69 Å². The number of methoxy groups -OCH3 is 1. The molecule has 1 aliphatic heterocycles. The van der Waals surface area contributed by atoms with Crippen molar-refractivity contribution in [2.24, 2.45) is 0 Å². The van der Waals surface area contributed by atoms with E-state index in [-0.39, 0.29) is 17.1 Å². The number of anilines is 1. The van der Waals surface area contributed by atoms with Crippen LogP contribution in [-0.2, 0) is 9.59 Å². The number of ether oxygens (including phenoxy) is 1. The highest BCUT2D eigenvalue weighted by atomic mass is 16.5. The summed E-state index contributed by atoms with van der Waals surface area (Å²) in [6.45, 7) is 1.32. The highest BCUT2D eigenvalue weighted by molar-refractivity contribution is 6.16. The number of phenols is 1. The Morgan fingerprint density at radius 3 is 2.16 bits per heavy atom. The molecule has 1 amide bonds. The van der Waals surface area contributed by atoms with Crippen molar-refractivity contribution in [2.45, 2.75) is 13.0 Å². The Balaban J connectivity index is 2.13. The Kier molecular flexibility index (Phi) is 4.19. The molecule has 6 heteroatoms. The highest BCUT2D eigenvalue weighted by Gasteiger charge is 2.43. The van der Waals surface area contributed by atoms with Gasteiger partial charge in [0.05, 0.1) is 18.7 Å². The first-order valence-electron chi connectivity index (χ1n) is 7.64. The number of aliphatic hydroxyl groups is 1. The molecule has 1 heterocycles. The van der Waals surface area contributed by atoms with Crippen LogP contribution in [-0.4, -0.2) is 29.0 Å². The van der Waals surface area contributed by atoms with Gasteiger partial charge in [-0.05, 0) is 48.9 Å². The maximum Gasteiger partial charge on any atom is 0.294 e. The van der Waals surface area contributed by atoms with Crippen LogP contribution in [0.1, 0.15) is 18.5 Å². The fraction of sp³-hybridized carbons (Fsp3) is 0.158. The van der Waals surface area contributed by atoms with Crippen molar-refractivity contribution in [1.82, 2.24) is 0 Å². The monoisotopic (exact) mass is 339 g/mol. The average molecular weight is 339 g/mol. The van der Waals surface area contributed by atoms with E-state index in [4.69, 9.17) is 4.74 Å². The van der Waals surface area contributed by atoms with Crippen molar-refractivity contribution in [3.63, 3.8) is 0 Å². The molecule has 0 aliphatic carbocycles. The molecule has 6 nitrogen and oxygen atoms in total. The van der Waals surface area contributed by atoms with Gasteiger partial charge in [-0.1, -0.05) is 12.1 Å². The molecule has 3 rings (SSSR count). The fourth-order valence-corrected chi connectivity index (χ4v) is 2.95. The standard InChI is InChI=1S/C19H17NO5/c1-11(21)16-17(12-3-9-15(25-2)10-4-12)20(19(24)18(16)23)13-5-7-14(22)8-6-13/h3-10,17,22-23H,1-2H3/t17-/m1/s1. The lowest BCUT2D eigenvalue weighted by atomic mass is 9.96. The SMILES string of the molecule is COc1ccc([C@@H]2C(C(C)=O)=C(O)C(=O)N2c2ccc(O)cc2)cc1. The first-order valence-corrected chi connectivity index (χ1v) is 7.64. The number of benzene rings is 2. The zero-order chi connectivity index (χ0) is 18.1. The third-order valence-electron chi connectivity index (χ3n) is 4.15. The summed E-state index contributed by atoms with van der Waals surface area (Å²) < 4.78 is 5.14. The number of aliphatic hydroxyl groups excluding tert-OH is 1. The minimum absolute atomic E-state index is 0.0447. The summed E-state index contributed by atoms with van der Waals surface area (Å²) in [5.74, 6) is -0.895. The average Bonchev–Trinajstić information content (AvgIpc) is 2.87. The second kappa shape index (κ2) is 6.32. The number of phenolic OH excluding ortho intramolecular Hbond substituents is 1. The molecule has 2 aromatic rings. The normalized spacial score (nSPS) is 17.1. The largest absolute Gasteiger partial charge is 0.508 e. The van der Waals surface area contributed by atoms with Crippen molar-refractivity contribution >= 4 is 17.4 Å². The van der Waals surface area contributed by atoms with Crippen molar-refractivity contribution in [1.29, 1.82) is 0 Å². The number of aromatic hydroxyl groups is 1. The maximum absolute atomic E-state index is 12.6. The molecule has 25 heavy (non-hydrogen) atoms. The maximum atomic E-state index is 12.6. The van der Waals surface area contributed by atoms with E-state index in [9.17, 15) is 19.8 Å². The van der Waals surface area contributed by atoms with Gasteiger partial charge in [0, 0.05) is 5.69 Å². The molecule has 2 N–H and O–H groups in total. The van der Waals surface area contributed by atoms with Crippen molar-refractivity contribution in [3.8, 4) is 11.5 Å². The minimum Gasteiger partial charge on any atom is -0.508 e. The summed E-state index contributed by atoms with van der Waals surface area (Å²) in [7, 11) is 1.55. The Bertz CT molecular complexity index is 852. The van der Waals surface area contributed by atoms with Gasteiger partial charge in [0.25, 0.3) is 5.91 Å². The molecule has 1 atom stereocenters. The number of hydrogen-bond acceptors (Lipinski definition) is 5. The molecule has 0 unspecified atom stereocenters. The molecular weight excluding hydrogens is 322 g/mol. The van der Waals surface area contributed by atoms with Crippen molar-refractivity contribution in [3.05, 3.63) is 65.4 Å². The number of hydrogen-bond donors (Lipinski definition) is 2. The van der Waals surface area contributed by atoms with E-state index in [1.165, 1.54) is 24.0 Å². The number of carbonyl (C=O) groups excluding carboxylic acids is 2. The van der Waals surface area contributed by atoms with Gasteiger partial charge in [0.15, 0.2) is 11.5 Å². The molecule has 0 saturated heterocycles. The zero-order valence-electron chi connectivity index (χ0n) is 13.8. The van der Waals surface area contributed by atoms with E-state index in [1.807, 2.05) is 0 Å². The first-order chi connectivity index (χ1) is 11.9. The quantitative estimate of drug-likeness (QED) is 0.894. The summed E-state index contributed by atoms with van der Waals surface area (Å²) in [6.07, 6.45) is 0. The van der Waals surface area contributed by atoms with Gasteiger partial charge < -0.3 is 14.9 Å². The Morgan fingerprint density at radius 2 is 1.64 bits per heavy atom. The molecule has 0 spiro atoms. The summed E-state index contributed by atoms with van der Waals surface area (Å²) >= 11 is 0. The Hall–Kier alpha value is -3.28. The van der Waals surface area contributed by atoms with Crippen molar-refractivity contribution < 1.29 is 24.5 Å². The molecule has 0 fully saturated rings. The lowest BCUT2D eigenvalue weighted by Crippen LogP contribution is -2.30. The van der Waals surface area contributed by atoms with Crippen LogP contribution in [0.5, 0.6) is 11.5 Å². The van der Waals surface area contributed by atoms with E-state index < -0.39 is 17.7 Å². The Labute approximate surface area is 144 Å². The smallest absolute Gasteiger partial charge is 0.294 e. The minimum atomic E-state index is -0.750. The van der Waals surface area contributed by atoms with Crippen LogP contribution in [0.2, 0.25) is 0 Å². The third-order valence-corrected chi connectivity index (χ3v) is 4.15. The molecule has 0 radical (unpaired) electrons. The van der Waals surface area contributed by atoms with Gasteiger partial charge in [0.2, 0.25) is 0 Å². The first kappa shape index (κ1) is 16.6. The van der Waals surface area contributed by atoms with Gasteiger partial charge in [-0.15, -0.1) is 0 Å². The summed E-state index contributed by atoms with van der Waals surface area (Å²) in [6, 6.07) is 12.2. The van der Waals surface area contributed by atoms with E-state index in [0.717, 1.165) is 0 Å². The summed E-state index contributed by atoms with van der Waals surface area (Å²) in [5, 5.41) is 19.7. The molecule has 0 bridgehead atoms. The summed E-state index contributed by atoms with van der Waals surface area (Å²) in [5.41, 5.74) is 1.17. The van der Waals surface area contributed by atoms with E-state index >= 15 is 0 Å². The zero-order valence-corrected chi connectivity index (χ0v) is 13.8. The van der Waals surface area contributed by atoms with Gasteiger partial charge in [-0.3, -0.25) is 14.5 Å². The molecular formula is C19H17NO5. The van der Waals surface area contributed by atoms with Crippen LogP contribution in [0.15, 0.2) is 59.9 Å². The lowest BCUT2D eigenvalue weighted by Gasteiger charge is -2.26.